The van der Waals surface area contributed by atoms with Crippen molar-refractivity contribution in [2.24, 2.45) is 0 Å². The summed E-state index contributed by atoms with van der Waals surface area (Å²) in [6.07, 6.45) is 1.50. The average Bonchev–Trinajstić information content (AvgIpc) is 2.99. The van der Waals surface area contributed by atoms with Gasteiger partial charge in [-0.25, -0.2) is 9.37 Å². The predicted octanol–water partition coefficient (Wildman–Crippen LogP) is 3.93. The van der Waals surface area contributed by atoms with Crippen LogP contribution in [0.2, 0.25) is 0 Å². The number of rotatable bonds is 5. The summed E-state index contributed by atoms with van der Waals surface area (Å²) in [5, 5.41) is 0. The summed E-state index contributed by atoms with van der Waals surface area (Å²) in [6.45, 7) is 0. The van der Waals surface area contributed by atoms with Crippen LogP contribution in [0.15, 0.2) is 65.3 Å². The Labute approximate surface area is 130 Å². The summed E-state index contributed by atoms with van der Waals surface area (Å²) < 4.78 is 31.1. The molecule has 0 bridgehead atoms. The van der Waals surface area contributed by atoms with E-state index in [-0.39, 0.29) is 17.3 Å². The fraction of sp³-hybridized carbons (Fsp3) is 0.118. The SMILES string of the molecule is O=[S@@](Cc1coc(-c2ccccc2)n1)Cc1ccccc1F. The van der Waals surface area contributed by atoms with Crippen LogP contribution in [0.5, 0.6) is 0 Å². The normalized spacial score (nSPS) is 12.2. The Morgan fingerprint density at radius 1 is 1.00 bits per heavy atom. The van der Waals surface area contributed by atoms with Crippen LogP contribution in [-0.4, -0.2) is 9.19 Å². The molecule has 1 aromatic heterocycles. The van der Waals surface area contributed by atoms with Crippen molar-refractivity contribution in [3.05, 3.63) is 77.9 Å². The average molecular weight is 315 g/mol. The standard InChI is InChI=1S/C17H14FNO2S/c18-16-9-5-4-8-14(16)11-22(20)12-15-10-21-17(19-15)13-6-2-1-3-7-13/h1-10H,11-12H2/t22-/m1/s1. The molecule has 22 heavy (non-hydrogen) atoms. The highest BCUT2D eigenvalue weighted by Gasteiger charge is 2.11. The fourth-order valence-corrected chi connectivity index (χ4v) is 3.24. The van der Waals surface area contributed by atoms with E-state index in [1.807, 2.05) is 30.3 Å². The van der Waals surface area contributed by atoms with Crippen LogP contribution in [0.4, 0.5) is 4.39 Å². The summed E-state index contributed by atoms with van der Waals surface area (Å²) in [5.74, 6) is 0.574. The lowest BCUT2D eigenvalue weighted by Crippen LogP contribution is -2.01. The Bertz CT molecular complexity index is 786. The lowest BCUT2D eigenvalue weighted by Gasteiger charge is -2.01. The largest absolute Gasteiger partial charge is 0.444 e. The van der Waals surface area contributed by atoms with Crippen molar-refractivity contribution in [2.45, 2.75) is 11.5 Å². The Kier molecular flexibility index (Phi) is 4.44. The molecule has 0 aliphatic rings. The van der Waals surface area contributed by atoms with Gasteiger partial charge in [0, 0.05) is 21.9 Å². The summed E-state index contributed by atoms with van der Waals surface area (Å²) >= 11 is 0. The van der Waals surface area contributed by atoms with Crippen molar-refractivity contribution in [2.75, 3.05) is 0 Å². The molecule has 0 saturated heterocycles. The first-order valence-corrected chi connectivity index (χ1v) is 8.29. The van der Waals surface area contributed by atoms with E-state index in [2.05, 4.69) is 4.98 Å². The van der Waals surface area contributed by atoms with Crippen molar-refractivity contribution < 1.29 is 13.0 Å². The Hall–Kier alpha value is -2.27. The number of aromatic nitrogens is 1. The molecule has 5 heteroatoms. The Morgan fingerprint density at radius 2 is 1.73 bits per heavy atom. The second-order valence-electron chi connectivity index (χ2n) is 4.83. The lowest BCUT2D eigenvalue weighted by molar-refractivity contribution is 0.573. The summed E-state index contributed by atoms with van der Waals surface area (Å²) in [6, 6.07) is 15.9. The van der Waals surface area contributed by atoms with Crippen molar-refractivity contribution in [3.8, 4) is 11.5 Å². The van der Waals surface area contributed by atoms with Gasteiger partial charge >= 0.3 is 0 Å². The number of oxazole rings is 1. The van der Waals surface area contributed by atoms with Gasteiger partial charge in [0.25, 0.3) is 0 Å². The number of halogens is 1. The van der Waals surface area contributed by atoms with Crippen LogP contribution in [-0.2, 0) is 22.3 Å². The van der Waals surface area contributed by atoms with Crippen LogP contribution < -0.4 is 0 Å². The molecule has 0 saturated carbocycles. The monoisotopic (exact) mass is 315 g/mol. The lowest BCUT2D eigenvalue weighted by atomic mass is 10.2. The van der Waals surface area contributed by atoms with Gasteiger partial charge in [0.15, 0.2) is 0 Å². The minimum Gasteiger partial charge on any atom is -0.444 e. The molecule has 112 valence electrons. The van der Waals surface area contributed by atoms with Gasteiger partial charge in [0.2, 0.25) is 5.89 Å². The molecule has 0 fully saturated rings. The number of hydrogen-bond acceptors (Lipinski definition) is 3. The number of benzene rings is 2. The molecule has 0 N–H and O–H groups in total. The van der Waals surface area contributed by atoms with Crippen molar-refractivity contribution >= 4 is 10.8 Å². The molecule has 1 atom stereocenters. The summed E-state index contributed by atoms with van der Waals surface area (Å²) in [5.41, 5.74) is 1.93. The predicted molar refractivity (Wildman–Crippen MR) is 83.9 cm³/mol. The van der Waals surface area contributed by atoms with Gasteiger partial charge in [0.1, 0.15) is 12.1 Å². The maximum Gasteiger partial charge on any atom is 0.226 e. The molecule has 0 unspecified atom stereocenters. The highest BCUT2D eigenvalue weighted by Crippen LogP contribution is 2.19. The van der Waals surface area contributed by atoms with Crippen molar-refractivity contribution in [1.82, 2.24) is 4.98 Å². The van der Waals surface area contributed by atoms with E-state index in [9.17, 15) is 8.60 Å². The molecule has 0 spiro atoms. The van der Waals surface area contributed by atoms with Crippen LogP contribution in [0.1, 0.15) is 11.3 Å². The zero-order chi connectivity index (χ0) is 15.4. The minimum atomic E-state index is -1.24. The van der Waals surface area contributed by atoms with E-state index >= 15 is 0 Å². The second-order valence-corrected chi connectivity index (χ2v) is 6.29. The Balaban J connectivity index is 1.68. The molecule has 1 heterocycles. The van der Waals surface area contributed by atoms with Gasteiger partial charge < -0.3 is 4.42 Å². The molecule has 3 rings (SSSR count). The van der Waals surface area contributed by atoms with E-state index in [4.69, 9.17) is 4.42 Å². The minimum absolute atomic E-state index is 0.167. The molecule has 3 aromatic rings. The van der Waals surface area contributed by atoms with Crippen molar-refractivity contribution in [3.63, 3.8) is 0 Å². The first-order chi connectivity index (χ1) is 10.7. The third kappa shape index (κ3) is 3.49. The molecule has 0 amide bonds. The van der Waals surface area contributed by atoms with Crippen LogP contribution in [0.25, 0.3) is 11.5 Å². The maximum absolute atomic E-state index is 13.5. The van der Waals surface area contributed by atoms with Gasteiger partial charge in [-0.15, -0.1) is 0 Å². The molecule has 3 nitrogen and oxygen atoms in total. The fourth-order valence-electron chi connectivity index (χ4n) is 2.09. The summed E-state index contributed by atoms with van der Waals surface area (Å²) in [4.78, 5) is 4.33. The zero-order valence-corrected chi connectivity index (χ0v) is 12.6. The van der Waals surface area contributed by atoms with Gasteiger partial charge in [-0.05, 0) is 18.2 Å². The molecule has 0 aliphatic carbocycles. The van der Waals surface area contributed by atoms with E-state index in [1.165, 1.54) is 12.3 Å². The number of hydrogen-bond donors (Lipinski definition) is 0. The molecule has 0 radical (unpaired) electrons. The first-order valence-electron chi connectivity index (χ1n) is 6.80. The van der Waals surface area contributed by atoms with E-state index in [1.54, 1.807) is 18.2 Å². The molecular weight excluding hydrogens is 301 g/mol. The van der Waals surface area contributed by atoms with Gasteiger partial charge in [-0.2, -0.15) is 0 Å². The van der Waals surface area contributed by atoms with E-state index in [0.717, 1.165) is 5.56 Å². The molecule has 2 aromatic carbocycles. The van der Waals surface area contributed by atoms with Gasteiger partial charge in [-0.3, -0.25) is 4.21 Å². The van der Waals surface area contributed by atoms with E-state index < -0.39 is 10.8 Å². The third-order valence-corrected chi connectivity index (χ3v) is 4.41. The van der Waals surface area contributed by atoms with Crippen LogP contribution >= 0.6 is 0 Å². The summed E-state index contributed by atoms with van der Waals surface area (Å²) in [7, 11) is -1.24. The van der Waals surface area contributed by atoms with Gasteiger partial charge in [-0.1, -0.05) is 36.4 Å². The molecular formula is C17H14FNO2S. The highest BCUT2D eigenvalue weighted by molar-refractivity contribution is 7.83. The topological polar surface area (TPSA) is 43.1 Å². The maximum atomic E-state index is 13.5. The van der Waals surface area contributed by atoms with Crippen LogP contribution in [0.3, 0.4) is 0 Å². The molecule has 0 aliphatic heterocycles. The Morgan fingerprint density at radius 3 is 2.50 bits per heavy atom. The van der Waals surface area contributed by atoms with Crippen molar-refractivity contribution in [1.29, 1.82) is 0 Å². The van der Waals surface area contributed by atoms with E-state index in [0.29, 0.717) is 17.1 Å². The number of nitrogens with zero attached hydrogens (tertiary/aromatic N) is 1. The van der Waals surface area contributed by atoms with Gasteiger partial charge in [0.05, 0.1) is 17.2 Å². The quantitative estimate of drug-likeness (QED) is 0.716. The smallest absolute Gasteiger partial charge is 0.226 e. The zero-order valence-electron chi connectivity index (χ0n) is 11.7. The first kappa shape index (κ1) is 14.7. The van der Waals surface area contributed by atoms with Crippen LogP contribution in [0, 0.1) is 5.82 Å². The third-order valence-electron chi connectivity index (χ3n) is 3.16. The second kappa shape index (κ2) is 6.66. The highest BCUT2D eigenvalue weighted by atomic mass is 32.2.